The molecule has 3 heterocycles. The molecule has 124 valence electrons. The van der Waals surface area contributed by atoms with Crippen LogP contribution in [0.2, 0.25) is 0 Å². The van der Waals surface area contributed by atoms with Crippen LogP contribution in [0.5, 0.6) is 0 Å². The molecule has 1 aromatic carbocycles. The lowest BCUT2D eigenvalue weighted by Gasteiger charge is -2.15. The van der Waals surface area contributed by atoms with Gasteiger partial charge in [-0.25, -0.2) is 9.78 Å². The minimum atomic E-state index is -0.385. The van der Waals surface area contributed by atoms with Gasteiger partial charge >= 0.3 is 5.97 Å². The second kappa shape index (κ2) is 5.17. The Morgan fingerprint density at radius 2 is 2.28 bits per heavy atom. The maximum Gasteiger partial charge on any atom is 0.349 e. The van der Waals surface area contributed by atoms with Crippen molar-refractivity contribution in [2.45, 2.75) is 19.4 Å². The van der Waals surface area contributed by atoms with E-state index in [1.807, 2.05) is 6.07 Å². The molecule has 5 nitrogen and oxygen atoms in total. The first-order chi connectivity index (χ1) is 12.2. The molecule has 1 aliphatic carbocycles. The van der Waals surface area contributed by atoms with E-state index in [4.69, 9.17) is 4.74 Å². The van der Waals surface area contributed by atoms with Gasteiger partial charge in [0.05, 0.1) is 24.4 Å². The van der Waals surface area contributed by atoms with Gasteiger partial charge in [0.2, 0.25) is 0 Å². The van der Waals surface area contributed by atoms with Crippen molar-refractivity contribution in [2.75, 3.05) is 7.11 Å². The van der Waals surface area contributed by atoms with Crippen molar-refractivity contribution in [3.63, 3.8) is 0 Å². The number of methoxy groups -OCH3 is 1. The number of carbonyl (C=O) groups is 1. The van der Waals surface area contributed by atoms with Crippen molar-refractivity contribution in [1.82, 2.24) is 9.55 Å². The maximum absolute atomic E-state index is 11.7. The Morgan fingerprint density at radius 1 is 1.40 bits per heavy atom. The van der Waals surface area contributed by atoms with Crippen molar-refractivity contribution in [1.29, 1.82) is 5.26 Å². The molecule has 0 bridgehead atoms. The number of rotatable bonds is 2. The molecule has 1 saturated carbocycles. The molecular weight excluding hydrogens is 334 g/mol. The van der Waals surface area contributed by atoms with Crippen LogP contribution in [-0.4, -0.2) is 22.6 Å². The van der Waals surface area contributed by atoms with E-state index in [2.05, 4.69) is 27.8 Å². The first-order valence-electron chi connectivity index (χ1n) is 8.28. The third-order valence-corrected chi connectivity index (χ3v) is 6.32. The van der Waals surface area contributed by atoms with Gasteiger partial charge in [0.15, 0.2) is 0 Å². The second-order valence-electron chi connectivity index (χ2n) is 6.80. The van der Waals surface area contributed by atoms with Crippen LogP contribution in [0.25, 0.3) is 21.5 Å². The molecule has 0 spiro atoms. The summed E-state index contributed by atoms with van der Waals surface area (Å²) in [6.07, 6.45) is 3.96. The molecular formula is C19H15N3O2S. The number of nitrogens with zero attached hydrogens (tertiary/aromatic N) is 3. The van der Waals surface area contributed by atoms with Gasteiger partial charge in [-0.3, -0.25) is 0 Å². The number of ether oxygens (including phenoxy) is 1. The van der Waals surface area contributed by atoms with Crippen molar-refractivity contribution in [2.24, 2.45) is 11.8 Å². The van der Waals surface area contributed by atoms with Gasteiger partial charge in [0, 0.05) is 23.2 Å². The monoisotopic (exact) mass is 349 g/mol. The molecule has 25 heavy (non-hydrogen) atoms. The number of esters is 1. The summed E-state index contributed by atoms with van der Waals surface area (Å²) in [4.78, 5) is 16.5. The zero-order chi connectivity index (χ0) is 17.1. The Labute approximate surface area is 148 Å². The molecule has 2 unspecified atom stereocenters. The summed E-state index contributed by atoms with van der Waals surface area (Å²) in [6.45, 7) is 1.03. The maximum atomic E-state index is 11.7. The number of hydrogen-bond donors (Lipinski definition) is 0. The standard InChI is InChI=1S/C19H15N3O2S/c1-24-19(23)16-8-21-18(25-16)12-3-11-6-15-5-10-2-14(10)9-22(15)17(11)13(4-12)7-20/h3-4,6,8,10,14H,2,5,9H2,1H3. The SMILES string of the molecule is COC(=O)c1cnc(-c2cc(C#N)c3c(c2)cc2n3CC3CC3C2)s1. The van der Waals surface area contributed by atoms with Crippen LogP contribution in [0, 0.1) is 23.2 Å². The zero-order valence-corrected chi connectivity index (χ0v) is 14.5. The lowest BCUT2D eigenvalue weighted by atomic mass is 10.1. The van der Waals surface area contributed by atoms with E-state index >= 15 is 0 Å². The summed E-state index contributed by atoms with van der Waals surface area (Å²) in [5.74, 6) is 1.24. The molecule has 0 N–H and O–H groups in total. The molecule has 2 aromatic heterocycles. The molecule has 2 aliphatic rings. The lowest BCUT2D eigenvalue weighted by molar-refractivity contribution is 0.0606. The van der Waals surface area contributed by atoms with Gasteiger partial charge < -0.3 is 9.30 Å². The number of fused-ring (bicyclic) bond motifs is 4. The highest BCUT2D eigenvalue weighted by molar-refractivity contribution is 7.16. The second-order valence-corrected chi connectivity index (χ2v) is 7.83. The summed E-state index contributed by atoms with van der Waals surface area (Å²) in [7, 11) is 1.36. The van der Waals surface area contributed by atoms with E-state index in [0.717, 1.165) is 46.3 Å². The largest absolute Gasteiger partial charge is 0.465 e. The quantitative estimate of drug-likeness (QED) is 0.663. The average Bonchev–Trinajstić information content (AvgIpc) is 3.05. The van der Waals surface area contributed by atoms with E-state index in [1.165, 1.54) is 36.8 Å². The smallest absolute Gasteiger partial charge is 0.349 e. The molecule has 0 saturated heterocycles. The van der Waals surface area contributed by atoms with Gasteiger partial charge in [-0.05, 0) is 42.9 Å². The van der Waals surface area contributed by atoms with Crippen LogP contribution < -0.4 is 0 Å². The van der Waals surface area contributed by atoms with Crippen molar-refractivity contribution in [3.8, 4) is 16.6 Å². The Bertz CT molecular complexity index is 1070. The summed E-state index contributed by atoms with van der Waals surface area (Å²) < 4.78 is 7.07. The first kappa shape index (κ1) is 14.7. The lowest BCUT2D eigenvalue weighted by Crippen LogP contribution is -2.12. The zero-order valence-electron chi connectivity index (χ0n) is 13.7. The number of hydrogen-bond acceptors (Lipinski definition) is 5. The van der Waals surface area contributed by atoms with Gasteiger partial charge in [-0.2, -0.15) is 5.26 Å². The van der Waals surface area contributed by atoms with Gasteiger partial charge in [0.1, 0.15) is 16.0 Å². The summed E-state index contributed by atoms with van der Waals surface area (Å²) in [6, 6.07) is 8.52. The molecule has 0 amide bonds. The average molecular weight is 349 g/mol. The fraction of sp³-hybridized carbons (Fsp3) is 0.316. The fourth-order valence-corrected chi connectivity index (χ4v) is 4.77. The highest BCUT2D eigenvalue weighted by atomic mass is 32.1. The summed E-state index contributed by atoms with van der Waals surface area (Å²) in [5.41, 5.74) is 3.91. The molecule has 6 heteroatoms. The van der Waals surface area contributed by atoms with Gasteiger partial charge in [0.25, 0.3) is 0 Å². The third kappa shape index (κ3) is 2.19. The predicted octanol–water partition coefficient (Wildman–Crippen LogP) is 3.62. The minimum absolute atomic E-state index is 0.385. The highest BCUT2D eigenvalue weighted by Crippen LogP contribution is 2.47. The number of nitriles is 1. The Balaban J connectivity index is 1.65. The number of benzene rings is 1. The van der Waals surface area contributed by atoms with Crippen LogP contribution in [0.1, 0.15) is 27.3 Å². The molecule has 1 fully saturated rings. The van der Waals surface area contributed by atoms with Crippen LogP contribution in [0.3, 0.4) is 0 Å². The third-order valence-electron chi connectivity index (χ3n) is 5.30. The Morgan fingerprint density at radius 3 is 3.08 bits per heavy atom. The highest BCUT2D eigenvalue weighted by Gasteiger charge is 2.41. The van der Waals surface area contributed by atoms with E-state index in [0.29, 0.717) is 10.4 Å². The minimum Gasteiger partial charge on any atom is -0.465 e. The predicted molar refractivity (Wildman–Crippen MR) is 94.4 cm³/mol. The van der Waals surface area contributed by atoms with Crippen LogP contribution >= 0.6 is 11.3 Å². The van der Waals surface area contributed by atoms with Gasteiger partial charge in [-0.15, -0.1) is 11.3 Å². The molecule has 3 aromatic rings. The van der Waals surface area contributed by atoms with Crippen LogP contribution in [0.15, 0.2) is 24.4 Å². The molecule has 5 rings (SSSR count). The van der Waals surface area contributed by atoms with Crippen LogP contribution in [0.4, 0.5) is 0 Å². The Hall–Kier alpha value is -2.65. The Kier molecular flexibility index (Phi) is 3.03. The fourth-order valence-electron chi connectivity index (χ4n) is 3.95. The summed E-state index contributed by atoms with van der Waals surface area (Å²) in [5, 5.41) is 11.5. The van der Waals surface area contributed by atoms with E-state index in [9.17, 15) is 10.1 Å². The molecule has 1 aliphatic heterocycles. The van der Waals surface area contributed by atoms with E-state index in [-0.39, 0.29) is 5.97 Å². The first-order valence-corrected chi connectivity index (χ1v) is 9.10. The summed E-state index contributed by atoms with van der Waals surface area (Å²) >= 11 is 1.29. The molecule has 2 atom stereocenters. The number of thiazole rings is 1. The van der Waals surface area contributed by atoms with Crippen LogP contribution in [-0.2, 0) is 17.7 Å². The number of aromatic nitrogens is 2. The molecule has 0 radical (unpaired) electrons. The van der Waals surface area contributed by atoms with Gasteiger partial charge in [-0.1, -0.05) is 0 Å². The normalized spacial score (nSPS) is 20.6. The number of carbonyl (C=O) groups excluding carboxylic acids is 1. The van der Waals surface area contributed by atoms with Crippen molar-refractivity contribution >= 4 is 28.2 Å². The topological polar surface area (TPSA) is 67.9 Å². The van der Waals surface area contributed by atoms with Crippen molar-refractivity contribution in [3.05, 3.63) is 40.5 Å². The van der Waals surface area contributed by atoms with E-state index < -0.39 is 0 Å². The van der Waals surface area contributed by atoms with E-state index in [1.54, 1.807) is 0 Å². The van der Waals surface area contributed by atoms with Crippen molar-refractivity contribution < 1.29 is 9.53 Å².